The van der Waals surface area contributed by atoms with Gasteiger partial charge in [-0.2, -0.15) is 0 Å². The number of carbonyl (C=O) groups excluding carboxylic acids is 2. The van der Waals surface area contributed by atoms with Crippen LogP contribution in [0.1, 0.15) is 5.56 Å². The highest BCUT2D eigenvalue weighted by Gasteiger charge is 2.66. The van der Waals surface area contributed by atoms with E-state index in [9.17, 15) is 9.59 Å². The summed E-state index contributed by atoms with van der Waals surface area (Å²) in [5.74, 6) is 0.127. The number of carbonyl (C=O) groups is 2. The van der Waals surface area contributed by atoms with Crippen LogP contribution in [0.2, 0.25) is 0 Å². The molecule has 4 heterocycles. The van der Waals surface area contributed by atoms with Crippen LogP contribution >= 0.6 is 0 Å². The van der Waals surface area contributed by atoms with E-state index in [0.717, 1.165) is 5.56 Å². The number of rotatable bonds is 4. The first-order valence-electron chi connectivity index (χ1n) is 10.0. The van der Waals surface area contributed by atoms with Crippen molar-refractivity contribution in [1.29, 1.82) is 0 Å². The lowest BCUT2D eigenvalue weighted by Crippen LogP contribution is -2.41. The van der Waals surface area contributed by atoms with Crippen LogP contribution in [0.5, 0.6) is 11.5 Å². The Labute approximate surface area is 173 Å². The summed E-state index contributed by atoms with van der Waals surface area (Å²) in [7, 11) is 0. The second-order valence-electron chi connectivity index (χ2n) is 8.14. The molecule has 1 spiro atoms. The van der Waals surface area contributed by atoms with Crippen molar-refractivity contribution in [1.82, 2.24) is 4.90 Å². The van der Waals surface area contributed by atoms with E-state index in [-0.39, 0.29) is 24.7 Å². The molecule has 0 radical (unpaired) electrons. The Hall–Kier alpha value is -3.32. The lowest BCUT2D eigenvalue weighted by atomic mass is 9.77. The van der Waals surface area contributed by atoms with E-state index >= 15 is 0 Å². The van der Waals surface area contributed by atoms with Crippen LogP contribution in [0, 0.1) is 11.8 Å². The third-order valence-electron chi connectivity index (χ3n) is 6.33. The van der Waals surface area contributed by atoms with Crippen molar-refractivity contribution in [2.75, 3.05) is 18.7 Å². The van der Waals surface area contributed by atoms with Gasteiger partial charge in [0.2, 0.25) is 18.6 Å². The standard InChI is InChI=1S/C23H20N2O5/c26-21(24-15-4-2-1-3-5-15)19-17-8-9-23(30-17)12-25(22(27)20(19)23)11-14-6-7-16-18(10-14)29-13-28-16/h1-10,17,19-20H,11-13H2,(H,24,26)/t17-,19-,20-,23-/m0/s1. The van der Waals surface area contributed by atoms with Gasteiger partial charge in [0.1, 0.15) is 5.60 Å². The second-order valence-corrected chi connectivity index (χ2v) is 8.14. The van der Waals surface area contributed by atoms with E-state index in [1.54, 1.807) is 4.90 Å². The smallest absolute Gasteiger partial charge is 0.231 e. The number of benzene rings is 2. The number of nitrogens with zero attached hydrogens (tertiary/aromatic N) is 1. The molecule has 7 nitrogen and oxygen atoms in total. The van der Waals surface area contributed by atoms with Gasteiger partial charge in [0.15, 0.2) is 11.5 Å². The third kappa shape index (κ3) is 2.55. The highest BCUT2D eigenvalue weighted by atomic mass is 16.7. The van der Waals surface area contributed by atoms with Crippen molar-refractivity contribution < 1.29 is 23.8 Å². The molecule has 4 aliphatic rings. The van der Waals surface area contributed by atoms with Gasteiger partial charge in [-0.3, -0.25) is 9.59 Å². The highest BCUT2D eigenvalue weighted by molar-refractivity contribution is 5.99. The van der Waals surface area contributed by atoms with Gasteiger partial charge in [-0.25, -0.2) is 0 Å². The van der Waals surface area contributed by atoms with E-state index in [0.29, 0.717) is 30.3 Å². The van der Waals surface area contributed by atoms with Gasteiger partial charge in [0.25, 0.3) is 0 Å². The van der Waals surface area contributed by atoms with Crippen molar-refractivity contribution >= 4 is 17.5 Å². The topological polar surface area (TPSA) is 77.1 Å². The minimum absolute atomic E-state index is 0.0484. The van der Waals surface area contributed by atoms with Gasteiger partial charge < -0.3 is 24.4 Å². The summed E-state index contributed by atoms with van der Waals surface area (Å²) in [4.78, 5) is 28.2. The lowest BCUT2D eigenvalue weighted by molar-refractivity contribution is -0.136. The molecule has 4 atom stereocenters. The van der Waals surface area contributed by atoms with Gasteiger partial charge in [0, 0.05) is 12.2 Å². The highest BCUT2D eigenvalue weighted by Crippen LogP contribution is 2.52. The number of fused-ring (bicyclic) bond motifs is 2. The van der Waals surface area contributed by atoms with Gasteiger partial charge >= 0.3 is 0 Å². The molecule has 2 aromatic rings. The summed E-state index contributed by atoms with van der Waals surface area (Å²) >= 11 is 0. The normalized spacial score (nSPS) is 30.1. The molecule has 2 saturated heterocycles. The van der Waals surface area contributed by atoms with Gasteiger partial charge in [-0.1, -0.05) is 36.4 Å². The van der Waals surface area contributed by atoms with Gasteiger partial charge in [-0.15, -0.1) is 0 Å². The predicted octanol–water partition coefficient (Wildman–Crippen LogP) is 2.34. The predicted molar refractivity (Wildman–Crippen MR) is 107 cm³/mol. The van der Waals surface area contributed by atoms with E-state index in [4.69, 9.17) is 14.2 Å². The van der Waals surface area contributed by atoms with Crippen molar-refractivity contribution in [3.05, 3.63) is 66.2 Å². The number of hydrogen-bond donors (Lipinski definition) is 1. The maximum absolute atomic E-state index is 13.4. The number of amides is 2. The fraction of sp³-hybridized carbons (Fsp3) is 0.304. The third-order valence-corrected chi connectivity index (χ3v) is 6.33. The molecule has 7 heteroatoms. The Balaban J connectivity index is 1.24. The number of ether oxygens (including phenoxy) is 3. The summed E-state index contributed by atoms with van der Waals surface area (Å²) in [6.45, 7) is 1.08. The zero-order chi connectivity index (χ0) is 20.3. The molecule has 30 heavy (non-hydrogen) atoms. The summed E-state index contributed by atoms with van der Waals surface area (Å²) in [6.07, 6.45) is 3.52. The average molecular weight is 404 g/mol. The van der Waals surface area contributed by atoms with E-state index in [2.05, 4.69) is 5.32 Å². The Kier molecular flexibility index (Phi) is 3.70. The number of hydrogen-bond acceptors (Lipinski definition) is 5. The Morgan fingerprint density at radius 1 is 1.13 bits per heavy atom. The van der Waals surface area contributed by atoms with Gasteiger partial charge in [-0.05, 0) is 29.8 Å². The summed E-state index contributed by atoms with van der Waals surface area (Å²) in [5.41, 5.74) is 0.940. The molecule has 0 unspecified atom stereocenters. The molecule has 2 amide bonds. The quantitative estimate of drug-likeness (QED) is 0.792. The van der Waals surface area contributed by atoms with Crippen LogP contribution in [-0.4, -0.2) is 41.8 Å². The Morgan fingerprint density at radius 2 is 1.97 bits per heavy atom. The van der Waals surface area contributed by atoms with Crippen molar-refractivity contribution in [2.45, 2.75) is 18.2 Å². The van der Waals surface area contributed by atoms with E-state index in [1.807, 2.05) is 60.7 Å². The summed E-state index contributed by atoms with van der Waals surface area (Å²) in [6, 6.07) is 15.0. The molecular formula is C23H20N2O5. The fourth-order valence-corrected chi connectivity index (χ4v) is 5.02. The van der Waals surface area contributed by atoms with Crippen LogP contribution in [0.3, 0.4) is 0 Å². The van der Waals surface area contributed by atoms with Crippen LogP contribution in [-0.2, 0) is 20.9 Å². The minimum Gasteiger partial charge on any atom is -0.454 e. The fourth-order valence-electron chi connectivity index (χ4n) is 5.02. The molecule has 6 rings (SSSR count). The first-order valence-corrected chi connectivity index (χ1v) is 10.0. The molecule has 2 aromatic carbocycles. The van der Waals surface area contributed by atoms with E-state index < -0.39 is 17.4 Å². The summed E-state index contributed by atoms with van der Waals surface area (Å²) in [5, 5.41) is 2.94. The molecule has 0 saturated carbocycles. The molecular weight excluding hydrogens is 384 g/mol. The molecule has 0 aliphatic carbocycles. The van der Waals surface area contributed by atoms with Crippen LogP contribution in [0.25, 0.3) is 0 Å². The Morgan fingerprint density at radius 3 is 2.83 bits per heavy atom. The maximum Gasteiger partial charge on any atom is 0.231 e. The maximum atomic E-state index is 13.4. The monoisotopic (exact) mass is 404 g/mol. The van der Waals surface area contributed by atoms with Crippen LogP contribution < -0.4 is 14.8 Å². The average Bonchev–Trinajstić information content (AvgIpc) is 3.50. The molecule has 1 N–H and O–H groups in total. The van der Waals surface area contributed by atoms with Crippen LogP contribution in [0.4, 0.5) is 5.69 Å². The number of nitrogens with one attached hydrogen (secondary N) is 1. The SMILES string of the molecule is O=C(Nc1ccccc1)[C@H]1[C@@H]2C=C[C@@]3(CN(Cc4ccc5c(c4)OCO5)C(=O)[C@H]13)O2. The number of anilines is 1. The largest absolute Gasteiger partial charge is 0.454 e. The Bertz CT molecular complexity index is 1070. The molecule has 4 aliphatic heterocycles. The number of para-hydroxylation sites is 1. The molecule has 2 bridgehead atoms. The van der Waals surface area contributed by atoms with Gasteiger partial charge in [0.05, 0.1) is 24.5 Å². The number of likely N-dealkylation sites (tertiary alicyclic amines) is 1. The first kappa shape index (κ1) is 17.5. The van der Waals surface area contributed by atoms with Crippen molar-refractivity contribution in [3.8, 4) is 11.5 Å². The molecule has 2 fully saturated rings. The van der Waals surface area contributed by atoms with E-state index in [1.165, 1.54) is 0 Å². The van der Waals surface area contributed by atoms with Crippen molar-refractivity contribution in [2.24, 2.45) is 11.8 Å². The second kappa shape index (κ2) is 6.34. The minimum atomic E-state index is -0.725. The zero-order valence-electron chi connectivity index (χ0n) is 16.1. The first-order chi connectivity index (χ1) is 14.6. The summed E-state index contributed by atoms with van der Waals surface area (Å²) < 4.78 is 17.0. The van der Waals surface area contributed by atoms with Crippen molar-refractivity contribution in [3.63, 3.8) is 0 Å². The van der Waals surface area contributed by atoms with Crippen LogP contribution in [0.15, 0.2) is 60.7 Å². The molecule has 152 valence electrons. The lowest BCUT2D eigenvalue weighted by Gasteiger charge is -2.23. The zero-order valence-corrected chi connectivity index (χ0v) is 16.1. The molecule has 0 aromatic heterocycles.